The number of hydrogen-bond acceptors (Lipinski definition) is 2. The standard InChI is InChI=1S/C11H15NO/c1-9-5-6-10(8-11(9)13)4-3-7-12-2/h3-6,8,12-13H,7H2,1-2H3. The van der Waals surface area contributed by atoms with Crippen molar-refractivity contribution in [3.63, 3.8) is 0 Å². The van der Waals surface area contributed by atoms with Crippen LogP contribution in [0.2, 0.25) is 0 Å². The van der Waals surface area contributed by atoms with E-state index >= 15 is 0 Å². The first-order valence-corrected chi connectivity index (χ1v) is 4.35. The Morgan fingerprint density at radius 3 is 2.85 bits per heavy atom. The van der Waals surface area contributed by atoms with E-state index in [1.54, 1.807) is 6.07 Å². The summed E-state index contributed by atoms with van der Waals surface area (Å²) in [4.78, 5) is 0. The Hall–Kier alpha value is -1.28. The summed E-state index contributed by atoms with van der Waals surface area (Å²) in [6.07, 6.45) is 4.00. The number of aryl methyl sites for hydroxylation is 1. The Morgan fingerprint density at radius 2 is 2.23 bits per heavy atom. The predicted molar refractivity (Wildman–Crippen MR) is 55.8 cm³/mol. The normalized spacial score (nSPS) is 10.9. The lowest BCUT2D eigenvalue weighted by Gasteiger charge is -1.99. The molecule has 0 saturated heterocycles. The highest BCUT2D eigenvalue weighted by molar-refractivity contribution is 5.53. The van der Waals surface area contributed by atoms with Gasteiger partial charge in [-0.3, -0.25) is 0 Å². The first-order chi connectivity index (χ1) is 6.24. The molecule has 13 heavy (non-hydrogen) atoms. The molecule has 70 valence electrons. The second-order valence-corrected chi connectivity index (χ2v) is 3.01. The van der Waals surface area contributed by atoms with Crippen molar-refractivity contribution >= 4 is 6.08 Å². The van der Waals surface area contributed by atoms with Crippen molar-refractivity contribution in [2.75, 3.05) is 13.6 Å². The van der Waals surface area contributed by atoms with E-state index in [0.717, 1.165) is 17.7 Å². The van der Waals surface area contributed by atoms with Crippen LogP contribution in [0, 0.1) is 6.92 Å². The monoisotopic (exact) mass is 177 g/mol. The molecule has 0 spiro atoms. The van der Waals surface area contributed by atoms with Crippen molar-refractivity contribution in [3.8, 4) is 5.75 Å². The molecule has 0 amide bonds. The SMILES string of the molecule is CNCC=Cc1ccc(C)c(O)c1. The Balaban J connectivity index is 2.73. The van der Waals surface area contributed by atoms with Crippen molar-refractivity contribution in [1.82, 2.24) is 5.32 Å². The fraction of sp³-hybridized carbons (Fsp3) is 0.273. The first kappa shape index (κ1) is 9.81. The van der Waals surface area contributed by atoms with Crippen LogP contribution in [-0.4, -0.2) is 18.7 Å². The lowest BCUT2D eigenvalue weighted by atomic mass is 10.1. The van der Waals surface area contributed by atoms with E-state index in [9.17, 15) is 5.11 Å². The van der Waals surface area contributed by atoms with Gasteiger partial charge in [0.05, 0.1) is 0 Å². The molecule has 2 N–H and O–H groups in total. The largest absolute Gasteiger partial charge is 0.508 e. The van der Waals surface area contributed by atoms with Crippen molar-refractivity contribution in [3.05, 3.63) is 35.4 Å². The fourth-order valence-electron chi connectivity index (χ4n) is 1.04. The van der Waals surface area contributed by atoms with Gasteiger partial charge < -0.3 is 10.4 Å². The van der Waals surface area contributed by atoms with E-state index in [0.29, 0.717) is 5.75 Å². The van der Waals surface area contributed by atoms with Crippen molar-refractivity contribution in [1.29, 1.82) is 0 Å². The Morgan fingerprint density at radius 1 is 1.46 bits per heavy atom. The van der Waals surface area contributed by atoms with Crippen molar-refractivity contribution in [2.24, 2.45) is 0 Å². The second kappa shape index (κ2) is 4.67. The van der Waals surface area contributed by atoms with Gasteiger partial charge >= 0.3 is 0 Å². The molecular formula is C11H15NO. The summed E-state index contributed by atoms with van der Waals surface area (Å²) in [5.41, 5.74) is 1.93. The molecule has 0 radical (unpaired) electrons. The molecule has 0 heterocycles. The number of benzene rings is 1. The van der Waals surface area contributed by atoms with Gasteiger partial charge in [0.25, 0.3) is 0 Å². The topological polar surface area (TPSA) is 32.3 Å². The highest BCUT2D eigenvalue weighted by Gasteiger charge is 1.94. The Bertz CT molecular complexity index is 305. The van der Waals surface area contributed by atoms with Crippen LogP contribution in [0.5, 0.6) is 5.75 Å². The molecule has 0 unspecified atom stereocenters. The highest BCUT2D eigenvalue weighted by atomic mass is 16.3. The smallest absolute Gasteiger partial charge is 0.119 e. The molecule has 1 rings (SSSR count). The summed E-state index contributed by atoms with van der Waals surface area (Å²) in [5, 5.41) is 12.4. The summed E-state index contributed by atoms with van der Waals surface area (Å²) in [5.74, 6) is 0.353. The van der Waals surface area contributed by atoms with Crippen LogP contribution in [0.4, 0.5) is 0 Å². The van der Waals surface area contributed by atoms with Crippen LogP contribution in [0.3, 0.4) is 0 Å². The molecule has 2 heteroatoms. The maximum absolute atomic E-state index is 9.41. The number of likely N-dealkylation sites (N-methyl/N-ethyl adjacent to an activating group) is 1. The summed E-state index contributed by atoms with van der Waals surface area (Å²) < 4.78 is 0. The van der Waals surface area contributed by atoms with Crippen LogP contribution >= 0.6 is 0 Å². The van der Waals surface area contributed by atoms with Gasteiger partial charge in [0.1, 0.15) is 5.75 Å². The molecular weight excluding hydrogens is 162 g/mol. The molecule has 0 aliphatic heterocycles. The third kappa shape index (κ3) is 2.92. The van der Waals surface area contributed by atoms with Crippen LogP contribution in [0.25, 0.3) is 6.08 Å². The van der Waals surface area contributed by atoms with E-state index in [1.807, 2.05) is 38.3 Å². The molecule has 0 aliphatic carbocycles. The van der Waals surface area contributed by atoms with E-state index in [4.69, 9.17) is 0 Å². The maximum Gasteiger partial charge on any atom is 0.119 e. The molecule has 0 fully saturated rings. The number of rotatable bonds is 3. The minimum Gasteiger partial charge on any atom is -0.508 e. The predicted octanol–water partition coefficient (Wildman–Crippen LogP) is 1.93. The Kier molecular flexibility index (Phi) is 3.53. The molecule has 2 nitrogen and oxygen atoms in total. The van der Waals surface area contributed by atoms with Crippen LogP contribution in [-0.2, 0) is 0 Å². The number of phenolic OH excluding ortho intramolecular Hbond substituents is 1. The number of phenols is 1. The van der Waals surface area contributed by atoms with Gasteiger partial charge in [-0.05, 0) is 31.2 Å². The summed E-state index contributed by atoms with van der Waals surface area (Å²) in [6, 6.07) is 5.66. The van der Waals surface area contributed by atoms with Gasteiger partial charge in [-0.2, -0.15) is 0 Å². The van der Waals surface area contributed by atoms with E-state index in [-0.39, 0.29) is 0 Å². The molecule has 0 aliphatic rings. The summed E-state index contributed by atoms with van der Waals surface area (Å²) in [6.45, 7) is 2.73. The Labute approximate surface area is 78.9 Å². The minimum atomic E-state index is 0.353. The summed E-state index contributed by atoms with van der Waals surface area (Å²) in [7, 11) is 1.90. The molecule has 0 bridgehead atoms. The quantitative estimate of drug-likeness (QED) is 0.739. The average Bonchev–Trinajstić information content (AvgIpc) is 2.12. The lowest BCUT2D eigenvalue weighted by molar-refractivity contribution is 0.471. The zero-order valence-electron chi connectivity index (χ0n) is 8.04. The van der Waals surface area contributed by atoms with Crippen LogP contribution in [0.1, 0.15) is 11.1 Å². The molecule has 0 saturated carbocycles. The molecule has 1 aromatic carbocycles. The molecule has 1 aromatic rings. The zero-order valence-corrected chi connectivity index (χ0v) is 8.04. The average molecular weight is 177 g/mol. The van der Waals surface area contributed by atoms with Gasteiger partial charge in [-0.25, -0.2) is 0 Å². The van der Waals surface area contributed by atoms with Gasteiger partial charge in [-0.1, -0.05) is 24.3 Å². The van der Waals surface area contributed by atoms with Gasteiger partial charge in [0.15, 0.2) is 0 Å². The molecule has 0 atom stereocenters. The van der Waals surface area contributed by atoms with Crippen molar-refractivity contribution in [2.45, 2.75) is 6.92 Å². The van der Waals surface area contributed by atoms with Crippen LogP contribution < -0.4 is 5.32 Å². The first-order valence-electron chi connectivity index (χ1n) is 4.35. The number of hydrogen-bond donors (Lipinski definition) is 2. The van der Waals surface area contributed by atoms with Gasteiger partial charge in [0, 0.05) is 6.54 Å². The van der Waals surface area contributed by atoms with E-state index < -0.39 is 0 Å². The third-order valence-corrected chi connectivity index (χ3v) is 1.87. The third-order valence-electron chi connectivity index (χ3n) is 1.87. The molecule has 0 aromatic heterocycles. The lowest BCUT2D eigenvalue weighted by Crippen LogP contribution is -2.03. The van der Waals surface area contributed by atoms with Crippen molar-refractivity contribution < 1.29 is 5.11 Å². The number of nitrogens with one attached hydrogen (secondary N) is 1. The van der Waals surface area contributed by atoms with E-state index in [2.05, 4.69) is 5.32 Å². The maximum atomic E-state index is 9.41. The summed E-state index contributed by atoms with van der Waals surface area (Å²) >= 11 is 0. The number of aromatic hydroxyl groups is 1. The minimum absolute atomic E-state index is 0.353. The second-order valence-electron chi connectivity index (χ2n) is 3.01. The highest BCUT2D eigenvalue weighted by Crippen LogP contribution is 2.17. The van der Waals surface area contributed by atoms with Crippen LogP contribution in [0.15, 0.2) is 24.3 Å². The van der Waals surface area contributed by atoms with Gasteiger partial charge in [-0.15, -0.1) is 0 Å². The van der Waals surface area contributed by atoms with Gasteiger partial charge in [0.2, 0.25) is 0 Å². The zero-order chi connectivity index (χ0) is 9.68. The van der Waals surface area contributed by atoms with E-state index in [1.165, 1.54) is 0 Å². The fourth-order valence-corrected chi connectivity index (χ4v) is 1.04.